The summed E-state index contributed by atoms with van der Waals surface area (Å²) in [6.45, 7) is 2.22. The fraction of sp³-hybridized carbons (Fsp3) is 0.600. The van der Waals surface area contributed by atoms with Crippen LogP contribution in [0.5, 0.6) is 0 Å². The van der Waals surface area contributed by atoms with Gasteiger partial charge < -0.3 is 0 Å². The van der Waals surface area contributed by atoms with E-state index in [4.69, 9.17) is 0 Å². The van der Waals surface area contributed by atoms with Gasteiger partial charge in [0, 0.05) is 19.6 Å². The number of alkyl halides is 1. The maximum atomic E-state index is 3.65. The molecular weight excluding hydrogens is 312 g/mol. The van der Waals surface area contributed by atoms with E-state index in [9.17, 15) is 0 Å². The number of hydrogen-bond acceptors (Lipinski definition) is 1. The van der Waals surface area contributed by atoms with Crippen LogP contribution in [0, 0.1) is 0 Å². The number of aryl methyl sites for hydroxylation is 1. The van der Waals surface area contributed by atoms with Crippen LogP contribution in [0.4, 0.5) is 0 Å². The highest BCUT2D eigenvalue weighted by atomic mass is 79.9. The van der Waals surface area contributed by atoms with E-state index in [1.54, 1.807) is 0 Å². The van der Waals surface area contributed by atoms with E-state index in [2.05, 4.69) is 50.2 Å². The van der Waals surface area contributed by atoms with Crippen LogP contribution in [0.3, 0.4) is 0 Å². The van der Waals surface area contributed by atoms with E-state index in [1.165, 1.54) is 35.0 Å². The van der Waals surface area contributed by atoms with Gasteiger partial charge >= 0.3 is 0 Å². The molecule has 1 heterocycles. The van der Waals surface area contributed by atoms with Crippen molar-refractivity contribution >= 4 is 43.2 Å². The van der Waals surface area contributed by atoms with Crippen LogP contribution in [-0.2, 0) is 6.42 Å². The fourth-order valence-electron chi connectivity index (χ4n) is 1.19. The minimum atomic E-state index is 0.705. The van der Waals surface area contributed by atoms with Gasteiger partial charge in [-0.05, 0) is 47.7 Å². The first-order valence-electron chi connectivity index (χ1n) is 4.59. The molecule has 1 rings (SSSR count). The van der Waals surface area contributed by atoms with Crippen molar-refractivity contribution in [2.45, 2.75) is 37.4 Å². The predicted molar refractivity (Wildman–Crippen MR) is 68.0 cm³/mol. The maximum absolute atomic E-state index is 3.65. The molecule has 1 atom stereocenters. The lowest BCUT2D eigenvalue weighted by molar-refractivity contribution is 0.693. The highest BCUT2D eigenvalue weighted by molar-refractivity contribution is 9.10. The SMILES string of the molecule is CCC(Br)CCCc1cc(Br)cs1. The Kier molecular flexibility index (Phi) is 5.60. The van der Waals surface area contributed by atoms with E-state index in [0.29, 0.717) is 4.83 Å². The first-order valence-corrected chi connectivity index (χ1v) is 7.18. The quantitative estimate of drug-likeness (QED) is 0.668. The second-order valence-electron chi connectivity index (χ2n) is 3.13. The molecule has 0 aliphatic rings. The lowest BCUT2D eigenvalue weighted by Gasteiger charge is -2.04. The summed E-state index contributed by atoms with van der Waals surface area (Å²) in [6, 6.07) is 2.22. The van der Waals surface area contributed by atoms with Gasteiger partial charge in [-0.25, -0.2) is 0 Å². The second-order valence-corrected chi connectivity index (χ2v) is 6.34. The first kappa shape index (κ1) is 11.7. The average molecular weight is 326 g/mol. The maximum Gasteiger partial charge on any atom is 0.0285 e. The molecule has 0 fully saturated rings. The van der Waals surface area contributed by atoms with Gasteiger partial charge in [-0.1, -0.05) is 22.9 Å². The van der Waals surface area contributed by atoms with Crippen molar-refractivity contribution in [1.29, 1.82) is 0 Å². The number of hydrogen-bond donors (Lipinski definition) is 0. The number of rotatable bonds is 5. The Balaban J connectivity index is 2.20. The molecule has 1 aromatic heterocycles. The number of thiophene rings is 1. The zero-order valence-corrected chi connectivity index (χ0v) is 11.7. The van der Waals surface area contributed by atoms with E-state index in [1.807, 2.05) is 11.3 Å². The molecule has 0 spiro atoms. The van der Waals surface area contributed by atoms with Crippen molar-refractivity contribution in [3.63, 3.8) is 0 Å². The van der Waals surface area contributed by atoms with Crippen LogP contribution in [-0.4, -0.2) is 4.83 Å². The summed E-state index contributed by atoms with van der Waals surface area (Å²) in [7, 11) is 0. The lowest BCUT2D eigenvalue weighted by atomic mass is 10.1. The monoisotopic (exact) mass is 324 g/mol. The molecule has 0 N–H and O–H groups in total. The second kappa shape index (κ2) is 6.20. The van der Waals surface area contributed by atoms with Gasteiger partial charge in [0.1, 0.15) is 0 Å². The molecule has 0 bridgehead atoms. The molecule has 0 radical (unpaired) electrons. The molecule has 0 saturated carbocycles. The molecule has 0 amide bonds. The van der Waals surface area contributed by atoms with Crippen LogP contribution in [0.25, 0.3) is 0 Å². The highest BCUT2D eigenvalue weighted by Gasteiger charge is 2.02. The Labute approximate surface area is 101 Å². The standard InChI is InChI=1S/C10H14Br2S/c1-2-8(11)4-3-5-10-6-9(12)7-13-10/h6-8H,2-5H2,1H3. The molecule has 0 saturated heterocycles. The van der Waals surface area contributed by atoms with Crippen LogP contribution in [0.2, 0.25) is 0 Å². The van der Waals surface area contributed by atoms with Crippen LogP contribution in [0.1, 0.15) is 31.1 Å². The lowest BCUT2D eigenvalue weighted by Crippen LogP contribution is -1.95. The Morgan fingerprint density at radius 1 is 1.54 bits per heavy atom. The fourth-order valence-corrected chi connectivity index (χ4v) is 3.01. The van der Waals surface area contributed by atoms with Crippen LogP contribution < -0.4 is 0 Å². The Bertz CT molecular complexity index is 245. The smallest absolute Gasteiger partial charge is 0.0285 e. The summed E-state index contributed by atoms with van der Waals surface area (Å²) in [5, 5.41) is 2.15. The molecular formula is C10H14Br2S. The number of halogens is 2. The van der Waals surface area contributed by atoms with Gasteiger partial charge in [-0.15, -0.1) is 11.3 Å². The minimum Gasteiger partial charge on any atom is -0.148 e. The molecule has 0 aliphatic carbocycles. The zero-order chi connectivity index (χ0) is 9.68. The van der Waals surface area contributed by atoms with Gasteiger partial charge in [-0.3, -0.25) is 0 Å². The third-order valence-electron chi connectivity index (χ3n) is 2.01. The van der Waals surface area contributed by atoms with E-state index >= 15 is 0 Å². The molecule has 13 heavy (non-hydrogen) atoms. The molecule has 0 aliphatic heterocycles. The minimum absolute atomic E-state index is 0.705. The van der Waals surface area contributed by atoms with Gasteiger partial charge in [0.05, 0.1) is 0 Å². The molecule has 0 aromatic carbocycles. The summed E-state index contributed by atoms with van der Waals surface area (Å²) >= 11 is 8.96. The Morgan fingerprint density at radius 3 is 2.85 bits per heavy atom. The average Bonchev–Trinajstić information content (AvgIpc) is 2.51. The van der Waals surface area contributed by atoms with E-state index in [0.717, 1.165) is 0 Å². The van der Waals surface area contributed by atoms with Crippen molar-refractivity contribution in [2.75, 3.05) is 0 Å². The van der Waals surface area contributed by atoms with Crippen molar-refractivity contribution in [2.24, 2.45) is 0 Å². The summed E-state index contributed by atoms with van der Waals surface area (Å²) < 4.78 is 1.22. The highest BCUT2D eigenvalue weighted by Crippen LogP contribution is 2.22. The Morgan fingerprint density at radius 2 is 2.31 bits per heavy atom. The van der Waals surface area contributed by atoms with Crippen LogP contribution >= 0.6 is 43.2 Å². The summed E-state index contributed by atoms with van der Waals surface area (Å²) in [4.78, 5) is 2.19. The van der Waals surface area contributed by atoms with Crippen molar-refractivity contribution < 1.29 is 0 Å². The Hall–Kier alpha value is 0.660. The van der Waals surface area contributed by atoms with Crippen molar-refractivity contribution in [3.8, 4) is 0 Å². The van der Waals surface area contributed by atoms with Gasteiger partial charge in [-0.2, -0.15) is 0 Å². The summed E-state index contributed by atoms with van der Waals surface area (Å²) in [5.41, 5.74) is 0. The van der Waals surface area contributed by atoms with Gasteiger partial charge in [0.25, 0.3) is 0 Å². The molecule has 1 aromatic rings. The first-order chi connectivity index (χ1) is 6.22. The van der Waals surface area contributed by atoms with Gasteiger partial charge in [0.2, 0.25) is 0 Å². The molecule has 0 nitrogen and oxygen atoms in total. The van der Waals surface area contributed by atoms with E-state index in [-0.39, 0.29) is 0 Å². The molecule has 1 unspecified atom stereocenters. The molecule has 3 heteroatoms. The third kappa shape index (κ3) is 4.61. The normalized spacial score (nSPS) is 13.2. The summed E-state index contributed by atoms with van der Waals surface area (Å²) in [5.74, 6) is 0. The third-order valence-corrected chi connectivity index (χ3v) is 4.87. The summed E-state index contributed by atoms with van der Waals surface area (Å²) in [6.07, 6.45) is 5.02. The predicted octanol–water partition coefficient (Wildman–Crippen LogP) is 5.01. The van der Waals surface area contributed by atoms with Crippen molar-refractivity contribution in [1.82, 2.24) is 0 Å². The topological polar surface area (TPSA) is 0 Å². The molecule has 74 valence electrons. The van der Waals surface area contributed by atoms with Crippen LogP contribution in [0.15, 0.2) is 15.9 Å². The van der Waals surface area contributed by atoms with Gasteiger partial charge in [0.15, 0.2) is 0 Å². The zero-order valence-electron chi connectivity index (χ0n) is 7.72. The van der Waals surface area contributed by atoms with Crippen molar-refractivity contribution in [3.05, 3.63) is 20.8 Å². The van der Waals surface area contributed by atoms with E-state index < -0.39 is 0 Å². The largest absolute Gasteiger partial charge is 0.148 e.